The van der Waals surface area contributed by atoms with E-state index >= 15 is 0 Å². The van der Waals surface area contributed by atoms with Gasteiger partial charge in [0, 0.05) is 27.0 Å². The van der Waals surface area contributed by atoms with Crippen LogP contribution in [0.2, 0.25) is 0 Å². The van der Waals surface area contributed by atoms with E-state index in [9.17, 15) is 5.11 Å². The minimum absolute atomic E-state index is 0.584. The van der Waals surface area contributed by atoms with Crippen LogP contribution in [0.25, 0.3) is 0 Å². The Bertz CT molecular complexity index is 487. The zero-order valence-corrected chi connectivity index (χ0v) is 12.3. The van der Waals surface area contributed by atoms with Crippen LogP contribution in [0.4, 0.5) is 0 Å². The minimum Gasteiger partial charge on any atom is -0.381 e. The van der Waals surface area contributed by atoms with E-state index in [1.807, 2.05) is 23.7 Å². The Morgan fingerprint density at radius 1 is 1.59 bits per heavy atom. The maximum atomic E-state index is 10.4. The van der Waals surface area contributed by atoms with Gasteiger partial charge >= 0.3 is 0 Å². The number of halogens is 1. The third kappa shape index (κ3) is 2.61. The summed E-state index contributed by atoms with van der Waals surface area (Å²) < 4.78 is 2.92. The lowest BCUT2D eigenvalue weighted by atomic mass is 10.2. The third-order valence-electron chi connectivity index (χ3n) is 2.61. The van der Waals surface area contributed by atoms with Gasteiger partial charge in [0.2, 0.25) is 0 Å². The van der Waals surface area contributed by atoms with Crippen molar-refractivity contribution >= 4 is 27.3 Å². The summed E-state index contributed by atoms with van der Waals surface area (Å²) in [7, 11) is 0. The van der Waals surface area contributed by atoms with Gasteiger partial charge in [0.15, 0.2) is 0 Å². The molecule has 2 heterocycles. The van der Waals surface area contributed by atoms with Crippen LogP contribution < -0.4 is 0 Å². The summed E-state index contributed by atoms with van der Waals surface area (Å²) in [5.74, 6) is 0. The van der Waals surface area contributed by atoms with Crippen LogP contribution in [0.5, 0.6) is 0 Å². The van der Waals surface area contributed by atoms with E-state index in [-0.39, 0.29) is 0 Å². The molecule has 0 radical (unpaired) electrons. The molecular formula is C12H15BrN2OS. The maximum absolute atomic E-state index is 10.4. The van der Waals surface area contributed by atoms with Crippen molar-refractivity contribution < 1.29 is 5.11 Å². The molecule has 0 amide bonds. The van der Waals surface area contributed by atoms with Crippen molar-refractivity contribution in [2.45, 2.75) is 32.9 Å². The lowest BCUT2D eigenvalue weighted by Gasteiger charge is -2.11. The second kappa shape index (κ2) is 5.33. The summed E-state index contributed by atoms with van der Waals surface area (Å²) in [4.78, 5) is 2.13. The van der Waals surface area contributed by atoms with Gasteiger partial charge in [0.1, 0.15) is 6.10 Å². The normalized spacial score (nSPS) is 12.9. The van der Waals surface area contributed by atoms with Crippen LogP contribution in [-0.4, -0.2) is 14.9 Å². The highest BCUT2D eigenvalue weighted by Gasteiger charge is 2.18. The van der Waals surface area contributed by atoms with Crippen LogP contribution in [0.3, 0.4) is 0 Å². The molecular weight excluding hydrogens is 300 g/mol. The standard InChI is InChI=1S/C12H15BrN2OS/c1-3-6-15-10(4-5-14-15)12(16)11-7-9(13)8(2)17-11/h4-5,7,12,16H,3,6H2,1-2H3. The number of hydrogen-bond acceptors (Lipinski definition) is 3. The van der Waals surface area contributed by atoms with Gasteiger partial charge in [-0.3, -0.25) is 4.68 Å². The first-order chi connectivity index (χ1) is 8.13. The number of nitrogens with zero attached hydrogens (tertiary/aromatic N) is 2. The smallest absolute Gasteiger partial charge is 0.130 e. The molecule has 3 nitrogen and oxygen atoms in total. The first-order valence-electron chi connectivity index (χ1n) is 5.59. The van der Waals surface area contributed by atoms with E-state index in [1.165, 1.54) is 4.88 Å². The fraction of sp³-hybridized carbons (Fsp3) is 0.417. The number of hydrogen-bond donors (Lipinski definition) is 1. The predicted octanol–water partition coefficient (Wildman–Crippen LogP) is 3.51. The van der Waals surface area contributed by atoms with Crippen molar-refractivity contribution in [3.05, 3.63) is 38.3 Å². The van der Waals surface area contributed by atoms with Crippen molar-refractivity contribution in [1.29, 1.82) is 0 Å². The van der Waals surface area contributed by atoms with E-state index in [2.05, 4.69) is 28.0 Å². The first kappa shape index (κ1) is 12.8. The topological polar surface area (TPSA) is 38.0 Å². The molecule has 0 bridgehead atoms. The Morgan fingerprint density at radius 2 is 2.35 bits per heavy atom. The highest BCUT2D eigenvalue weighted by Crippen LogP contribution is 2.33. The quantitative estimate of drug-likeness (QED) is 0.937. The van der Waals surface area contributed by atoms with Gasteiger partial charge in [-0.2, -0.15) is 5.10 Å². The molecule has 1 N–H and O–H groups in total. The second-order valence-corrected chi connectivity index (χ2v) is 6.08. The van der Waals surface area contributed by atoms with Crippen LogP contribution in [-0.2, 0) is 6.54 Å². The van der Waals surface area contributed by atoms with Crippen LogP contribution in [0.1, 0.15) is 34.9 Å². The van der Waals surface area contributed by atoms with Gasteiger partial charge in [0.25, 0.3) is 0 Å². The number of aromatic nitrogens is 2. The summed E-state index contributed by atoms with van der Waals surface area (Å²) in [5, 5.41) is 14.6. The van der Waals surface area contributed by atoms with E-state index in [4.69, 9.17) is 0 Å². The largest absolute Gasteiger partial charge is 0.381 e. The van der Waals surface area contributed by atoms with Gasteiger partial charge in [-0.1, -0.05) is 6.92 Å². The molecule has 2 aromatic rings. The van der Waals surface area contributed by atoms with Crippen molar-refractivity contribution in [2.75, 3.05) is 0 Å². The minimum atomic E-state index is -0.584. The first-order valence-corrected chi connectivity index (χ1v) is 7.20. The van der Waals surface area contributed by atoms with Gasteiger partial charge in [0.05, 0.1) is 5.69 Å². The fourth-order valence-corrected chi connectivity index (χ4v) is 3.30. The molecule has 5 heteroatoms. The lowest BCUT2D eigenvalue weighted by molar-refractivity contribution is 0.211. The zero-order valence-electron chi connectivity index (χ0n) is 9.85. The Morgan fingerprint density at radius 3 is 2.94 bits per heavy atom. The second-order valence-electron chi connectivity index (χ2n) is 3.93. The number of thiophene rings is 1. The van der Waals surface area contributed by atoms with E-state index < -0.39 is 6.10 Å². The van der Waals surface area contributed by atoms with Crippen molar-refractivity contribution in [3.63, 3.8) is 0 Å². The van der Waals surface area contributed by atoms with Gasteiger partial charge in [-0.25, -0.2) is 0 Å². The summed E-state index contributed by atoms with van der Waals surface area (Å²) in [6.45, 7) is 4.98. The molecule has 0 fully saturated rings. The average Bonchev–Trinajstić information content (AvgIpc) is 2.87. The summed E-state index contributed by atoms with van der Waals surface area (Å²) in [5.41, 5.74) is 0.862. The predicted molar refractivity (Wildman–Crippen MR) is 73.3 cm³/mol. The fourth-order valence-electron chi connectivity index (χ4n) is 1.74. The molecule has 0 spiro atoms. The number of aliphatic hydroxyl groups is 1. The molecule has 0 saturated heterocycles. The van der Waals surface area contributed by atoms with Crippen molar-refractivity contribution in [1.82, 2.24) is 9.78 Å². The summed E-state index contributed by atoms with van der Waals surface area (Å²) in [6, 6.07) is 3.86. The van der Waals surface area contributed by atoms with Crippen LogP contribution in [0.15, 0.2) is 22.8 Å². The van der Waals surface area contributed by atoms with Crippen LogP contribution >= 0.6 is 27.3 Å². The highest BCUT2D eigenvalue weighted by molar-refractivity contribution is 9.10. The molecule has 0 aliphatic rings. The van der Waals surface area contributed by atoms with Crippen molar-refractivity contribution in [3.8, 4) is 0 Å². The Hall–Kier alpha value is -0.650. The molecule has 1 unspecified atom stereocenters. The van der Waals surface area contributed by atoms with Gasteiger partial charge in [-0.15, -0.1) is 11.3 Å². The molecule has 17 heavy (non-hydrogen) atoms. The van der Waals surface area contributed by atoms with Crippen LogP contribution in [0, 0.1) is 6.92 Å². The summed E-state index contributed by atoms with van der Waals surface area (Å²) >= 11 is 5.08. The number of rotatable bonds is 4. The van der Waals surface area contributed by atoms with Crippen molar-refractivity contribution in [2.24, 2.45) is 0 Å². The molecule has 0 aromatic carbocycles. The molecule has 0 saturated carbocycles. The molecule has 2 aromatic heterocycles. The molecule has 0 aliphatic heterocycles. The average molecular weight is 315 g/mol. The summed E-state index contributed by atoms with van der Waals surface area (Å²) in [6.07, 6.45) is 2.16. The number of aliphatic hydroxyl groups excluding tert-OH is 1. The Balaban J connectivity index is 2.29. The highest BCUT2D eigenvalue weighted by atomic mass is 79.9. The Kier molecular flexibility index (Phi) is 4.01. The van der Waals surface area contributed by atoms with E-state index in [1.54, 1.807) is 17.5 Å². The van der Waals surface area contributed by atoms with Gasteiger partial charge < -0.3 is 5.11 Å². The maximum Gasteiger partial charge on any atom is 0.130 e. The molecule has 1 atom stereocenters. The molecule has 0 aliphatic carbocycles. The van der Waals surface area contributed by atoms with E-state index in [0.29, 0.717) is 0 Å². The molecule has 92 valence electrons. The molecule has 2 rings (SSSR count). The van der Waals surface area contributed by atoms with E-state index in [0.717, 1.165) is 28.0 Å². The monoisotopic (exact) mass is 314 g/mol. The zero-order chi connectivity index (χ0) is 12.4. The lowest BCUT2D eigenvalue weighted by Crippen LogP contribution is -2.09. The Labute approximate surface area is 113 Å². The SMILES string of the molecule is CCCn1nccc1C(O)c1cc(Br)c(C)s1. The van der Waals surface area contributed by atoms with Gasteiger partial charge in [-0.05, 0) is 41.4 Å². The third-order valence-corrected chi connectivity index (χ3v) is 4.80. The number of aryl methyl sites for hydroxylation is 2.